The Bertz CT molecular complexity index is 1310. The molecule has 0 unspecified atom stereocenters. The van der Waals surface area contributed by atoms with Crippen molar-refractivity contribution < 1.29 is 21.3 Å². The zero-order valence-electron chi connectivity index (χ0n) is 15.9. The zero-order valence-corrected chi connectivity index (χ0v) is 17.5. The lowest BCUT2D eigenvalue weighted by Gasteiger charge is -2.12. The summed E-state index contributed by atoms with van der Waals surface area (Å²) in [7, 11) is -8.04. The highest BCUT2D eigenvalue weighted by Crippen LogP contribution is 2.31. The van der Waals surface area contributed by atoms with Crippen molar-refractivity contribution in [1.29, 1.82) is 0 Å². The van der Waals surface area contributed by atoms with Gasteiger partial charge in [0.2, 0.25) is 10.0 Å². The minimum atomic E-state index is -4.08. The molecule has 0 saturated carbocycles. The van der Waals surface area contributed by atoms with Gasteiger partial charge in [-0.25, -0.2) is 22.0 Å². The van der Waals surface area contributed by atoms with Crippen molar-refractivity contribution in [3.63, 3.8) is 0 Å². The third-order valence-electron chi connectivity index (χ3n) is 4.91. The second-order valence-electron chi connectivity index (χ2n) is 7.06. The molecule has 7 nitrogen and oxygen atoms in total. The van der Waals surface area contributed by atoms with E-state index < -0.39 is 20.0 Å². The van der Waals surface area contributed by atoms with Crippen molar-refractivity contribution in [3.8, 4) is 11.3 Å². The quantitative estimate of drug-likeness (QED) is 0.603. The van der Waals surface area contributed by atoms with E-state index in [2.05, 4.69) is 4.72 Å². The maximum atomic E-state index is 12.6. The molecule has 0 fully saturated rings. The van der Waals surface area contributed by atoms with Crippen LogP contribution in [0.1, 0.15) is 23.1 Å². The smallest absolute Gasteiger partial charge is 0.255 e. The fraction of sp³-hybridized carbons (Fsp3) is 0.143. The maximum absolute atomic E-state index is 12.6. The fourth-order valence-electron chi connectivity index (χ4n) is 3.47. The van der Waals surface area contributed by atoms with Crippen LogP contribution in [0.2, 0.25) is 0 Å². The fourth-order valence-corrected chi connectivity index (χ4v) is 5.14. The molecule has 1 aromatic heterocycles. The average Bonchev–Trinajstić information content (AvgIpc) is 3.37. The van der Waals surface area contributed by atoms with Crippen LogP contribution in [-0.4, -0.2) is 16.8 Å². The van der Waals surface area contributed by atoms with Gasteiger partial charge in [0.1, 0.15) is 10.7 Å². The van der Waals surface area contributed by atoms with Gasteiger partial charge in [-0.2, -0.15) is 0 Å². The number of sulfonamides is 2. The van der Waals surface area contributed by atoms with Crippen LogP contribution in [0.15, 0.2) is 69.5 Å². The molecule has 30 heavy (non-hydrogen) atoms. The molecule has 0 aliphatic heterocycles. The number of benzene rings is 2. The first-order chi connectivity index (χ1) is 14.2. The van der Waals surface area contributed by atoms with Crippen molar-refractivity contribution in [3.05, 3.63) is 76.9 Å². The molecule has 2 aromatic carbocycles. The first-order valence-electron chi connectivity index (χ1n) is 9.25. The first-order valence-corrected chi connectivity index (χ1v) is 12.3. The lowest BCUT2D eigenvalue weighted by Crippen LogP contribution is -2.18. The number of nitrogens with two attached hydrogens (primary N) is 1. The molecule has 156 valence electrons. The van der Waals surface area contributed by atoms with E-state index >= 15 is 0 Å². The molecule has 0 bridgehead atoms. The molecular weight excluding hydrogens is 424 g/mol. The third kappa shape index (κ3) is 4.48. The van der Waals surface area contributed by atoms with Gasteiger partial charge < -0.3 is 4.42 Å². The largest absolute Gasteiger partial charge is 0.464 e. The summed E-state index contributed by atoms with van der Waals surface area (Å²) in [6.45, 7) is 0. The number of fused-ring (bicyclic) bond motifs is 1. The predicted octanol–water partition coefficient (Wildman–Crippen LogP) is 3.50. The summed E-state index contributed by atoms with van der Waals surface area (Å²) in [6, 6.07) is 13.8. The first kappa shape index (κ1) is 20.4. The van der Waals surface area contributed by atoms with Gasteiger partial charge in [0.15, 0.2) is 0 Å². The minimum absolute atomic E-state index is 0.0315. The van der Waals surface area contributed by atoms with Crippen LogP contribution in [0, 0.1) is 0 Å². The molecule has 1 aliphatic carbocycles. The maximum Gasteiger partial charge on any atom is 0.255 e. The Morgan fingerprint density at radius 1 is 0.967 bits per heavy atom. The molecular formula is C21H20N2O5S2. The lowest BCUT2D eigenvalue weighted by molar-refractivity contribution is 0.582. The normalized spacial score (nSPS) is 14.2. The third-order valence-corrected chi connectivity index (χ3v) is 6.86. The topological polar surface area (TPSA) is 119 Å². The average molecular weight is 445 g/mol. The minimum Gasteiger partial charge on any atom is -0.464 e. The summed E-state index contributed by atoms with van der Waals surface area (Å²) >= 11 is 0. The molecule has 0 atom stereocenters. The van der Waals surface area contributed by atoms with Gasteiger partial charge in [-0.3, -0.25) is 4.72 Å². The van der Waals surface area contributed by atoms with Crippen molar-refractivity contribution in [2.24, 2.45) is 5.14 Å². The molecule has 9 heteroatoms. The van der Waals surface area contributed by atoms with Gasteiger partial charge in [0.05, 0.1) is 17.4 Å². The monoisotopic (exact) mass is 444 g/mol. The summed E-state index contributed by atoms with van der Waals surface area (Å²) in [4.78, 5) is -0.220. The van der Waals surface area contributed by atoms with Crippen LogP contribution >= 0.6 is 0 Å². The highest BCUT2D eigenvalue weighted by atomic mass is 32.2. The van der Waals surface area contributed by atoms with Crippen molar-refractivity contribution in [2.75, 3.05) is 4.72 Å². The predicted molar refractivity (Wildman–Crippen MR) is 116 cm³/mol. The highest BCUT2D eigenvalue weighted by molar-refractivity contribution is 7.95. The standard InChI is InChI=1S/C21H20N2O5S2/c22-30(26,27)21-14-18-4-1-3-17(18)13-19(21)23-29(24,25)12-10-15-6-8-16(9-7-15)20-5-2-11-28-20/h2,5-14,23H,1,3-4H2,(H2,22,26,27)/b12-10+. The van der Waals surface area contributed by atoms with Crippen molar-refractivity contribution in [1.82, 2.24) is 0 Å². The molecule has 0 spiro atoms. The second-order valence-corrected chi connectivity index (χ2v) is 10.2. The molecule has 0 radical (unpaired) electrons. The number of rotatable bonds is 6. The summed E-state index contributed by atoms with van der Waals surface area (Å²) in [5.74, 6) is 0.715. The van der Waals surface area contributed by atoms with E-state index in [1.165, 1.54) is 12.1 Å². The zero-order chi connectivity index (χ0) is 21.4. The molecule has 1 heterocycles. The highest BCUT2D eigenvalue weighted by Gasteiger charge is 2.22. The summed E-state index contributed by atoms with van der Waals surface area (Å²) in [6.07, 6.45) is 5.42. The van der Waals surface area contributed by atoms with Gasteiger partial charge in [-0.1, -0.05) is 24.3 Å². The van der Waals surface area contributed by atoms with Crippen LogP contribution in [0.5, 0.6) is 0 Å². The number of furan rings is 1. The van der Waals surface area contributed by atoms with Crippen LogP contribution in [0.25, 0.3) is 17.4 Å². The number of hydrogen-bond donors (Lipinski definition) is 2. The second kappa shape index (κ2) is 7.75. The van der Waals surface area contributed by atoms with Gasteiger partial charge >= 0.3 is 0 Å². The van der Waals surface area contributed by atoms with E-state index in [9.17, 15) is 16.8 Å². The number of primary sulfonamides is 1. The molecule has 3 aromatic rings. The van der Waals surface area contributed by atoms with Gasteiger partial charge in [0, 0.05) is 5.56 Å². The van der Waals surface area contributed by atoms with Crippen molar-refractivity contribution >= 4 is 31.8 Å². The van der Waals surface area contributed by atoms with E-state index in [-0.39, 0.29) is 10.6 Å². The van der Waals surface area contributed by atoms with E-state index in [1.807, 2.05) is 18.2 Å². The molecule has 4 rings (SSSR count). The molecule has 3 N–H and O–H groups in total. The number of aryl methyl sites for hydroxylation is 2. The van der Waals surface area contributed by atoms with E-state index in [4.69, 9.17) is 9.56 Å². The number of nitrogens with one attached hydrogen (secondary N) is 1. The van der Waals surface area contributed by atoms with Crippen molar-refractivity contribution in [2.45, 2.75) is 24.2 Å². The molecule has 1 aliphatic rings. The van der Waals surface area contributed by atoms with E-state index in [1.54, 1.807) is 30.5 Å². The molecule has 0 saturated heterocycles. The Morgan fingerprint density at radius 3 is 2.30 bits per heavy atom. The Hall–Kier alpha value is -2.88. The SMILES string of the molecule is NS(=O)(=O)c1cc2c(cc1NS(=O)(=O)/C=C/c1ccc(-c3ccco3)cc1)CCC2. The Balaban J connectivity index is 1.58. The van der Waals surface area contributed by atoms with Gasteiger partial charge in [0.25, 0.3) is 10.0 Å². The molecule has 0 amide bonds. The Kier molecular flexibility index (Phi) is 5.27. The van der Waals surface area contributed by atoms with E-state index in [0.717, 1.165) is 41.4 Å². The Morgan fingerprint density at radius 2 is 1.67 bits per heavy atom. The van der Waals surface area contributed by atoms with Crippen LogP contribution < -0.4 is 9.86 Å². The number of hydrogen-bond acceptors (Lipinski definition) is 5. The van der Waals surface area contributed by atoms with Crippen LogP contribution in [-0.2, 0) is 32.9 Å². The van der Waals surface area contributed by atoms with Gasteiger partial charge in [-0.05, 0) is 66.3 Å². The summed E-state index contributed by atoms with van der Waals surface area (Å²) in [5.41, 5.74) is 3.31. The summed E-state index contributed by atoms with van der Waals surface area (Å²) < 4.78 is 56.7. The van der Waals surface area contributed by atoms with Gasteiger partial charge in [-0.15, -0.1) is 0 Å². The number of anilines is 1. The van der Waals surface area contributed by atoms with Crippen LogP contribution in [0.4, 0.5) is 5.69 Å². The summed E-state index contributed by atoms with van der Waals surface area (Å²) in [5, 5.41) is 6.30. The van der Waals surface area contributed by atoms with E-state index in [0.29, 0.717) is 11.3 Å². The lowest BCUT2D eigenvalue weighted by atomic mass is 10.1. The van der Waals surface area contributed by atoms with Crippen LogP contribution in [0.3, 0.4) is 0 Å². The Labute approximate surface area is 175 Å².